The Kier molecular flexibility index (Phi) is 13.5. The second kappa shape index (κ2) is 17.6. The summed E-state index contributed by atoms with van der Waals surface area (Å²) in [7, 11) is 0. The summed E-state index contributed by atoms with van der Waals surface area (Å²) >= 11 is 0. The van der Waals surface area contributed by atoms with Gasteiger partial charge >= 0.3 is 47.8 Å². The molecule has 1 aromatic rings. The zero-order valence-corrected chi connectivity index (χ0v) is 35.6. The van der Waals surface area contributed by atoms with Gasteiger partial charge in [0.1, 0.15) is 35.4 Å². The van der Waals surface area contributed by atoms with Gasteiger partial charge in [0.2, 0.25) is 0 Å². The van der Waals surface area contributed by atoms with Crippen molar-refractivity contribution in [2.45, 2.75) is 115 Å². The number of rotatable bonds is 8. The molecule has 66 heavy (non-hydrogen) atoms. The van der Waals surface area contributed by atoms with Crippen molar-refractivity contribution in [3.63, 3.8) is 0 Å². The van der Waals surface area contributed by atoms with E-state index in [1.165, 1.54) is 12.1 Å². The van der Waals surface area contributed by atoms with E-state index in [0.717, 1.165) is 0 Å². The number of likely N-dealkylation sites (tertiary alicyclic amines) is 2. The Hall–Kier alpha value is -6.16. The first-order chi connectivity index (χ1) is 30.4. The Morgan fingerprint density at radius 1 is 0.545 bits per heavy atom. The Balaban J connectivity index is 1.75. The lowest BCUT2D eigenvalue weighted by atomic mass is 9.72. The van der Waals surface area contributed by atoms with Gasteiger partial charge in [-0.2, -0.15) is 73.7 Å². The first-order valence-electron chi connectivity index (χ1n) is 20.2. The molecular formula is C44H40F12N6O4. The molecule has 0 bridgehead atoms. The van der Waals surface area contributed by atoms with Crippen LogP contribution in [0.3, 0.4) is 0 Å². The number of hydrogen-bond acceptors (Lipinski definition) is 10. The van der Waals surface area contributed by atoms with Crippen LogP contribution in [0.15, 0.2) is 69.1 Å². The van der Waals surface area contributed by atoms with E-state index in [9.17, 15) is 30.6 Å². The number of allylic oxidation sites excluding steroid dienone is 6. The maximum absolute atomic E-state index is 15.2. The summed E-state index contributed by atoms with van der Waals surface area (Å²) in [5, 5.41) is 40.5. The Morgan fingerprint density at radius 3 is 1.11 bits per heavy atom. The van der Waals surface area contributed by atoms with Gasteiger partial charge in [-0.05, 0) is 79.4 Å². The summed E-state index contributed by atoms with van der Waals surface area (Å²) in [6, 6.07) is 4.36. The van der Waals surface area contributed by atoms with Gasteiger partial charge in [0, 0.05) is 48.7 Å². The van der Waals surface area contributed by atoms with Crippen LogP contribution in [0.4, 0.5) is 52.7 Å². The molecule has 354 valence electrons. The summed E-state index contributed by atoms with van der Waals surface area (Å²) in [6.07, 6.45) is -26.0. The SMILES string of the molecule is CC1(C)CC(N2CCCC2)=C(C#N)/C(=C(\C#N)C(=O)OC(c2cccc(C(OC(=O)/C(C#N)=C3\CC(C)(C)CC(N4CCCC4)=C3C#N)(C(F)(F)F)C(F)(F)F)c2)(C(F)(F)F)C(F)(F)F)C1. The third-order valence-corrected chi connectivity index (χ3v) is 12.0. The van der Waals surface area contributed by atoms with E-state index in [1.54, 1.807) is 49.6 Å². The van der Waals surface area contributed by atoms with Crippen molar-refractivity contribution in [3.05, 3.63) is 80.2 Å². The van der Waals surface area contributed by atoms with Crippen molar-refractivity contribution in [3.8, 4) is 24.3 Å². The first kappa shape index (κ1) is 50.8. The number of carbonyl (C=O) groups is 2. The van der Waals surface area contributed by atoms with E-state index in [4.69, 9.17) is 0 Å². The highest BCUT2D eigenvalue weighted by Gasteiger charge is 2.78. The molecule has 2 fully saturated rings. The highest BCUT2D eigenvalue weighted by Crippen LogP contribution is 2.58. The topological polar surface area (TPSA) is 154 Å². The predicted molar refractivity (Wildman–Crippen MR) is 204 cm³/mol. The van der Waals surface area contributed by atoms with Crippen LogP contribution >= 0.6 is 0 Å². The standard InChI is InChI=1S/C44H40F12N6O4/c1-37(2)17-27(29(21-57)33(19-37)61-12-5-6-13-61)31(23-59)35(63)65-39(41(45,46)47,42(48,49)50)25-10-9-11-26(16-25)40(43(51,52)53,44(54,55)56)66-36(64)32(24-60)28-18-38(3,4)20-34(30(28)22-58)62-14-7-8-15-62/h9-11,16H,5-8,12-15,17-20H2,1-4H3/b31-27+,32-28+. The molecule has 10 nitrogen and oxygen atoms in total. The van der Waals surface area contributed by atoms with Gasteiger partial charge in [-0.25, -0.2) is 9.59 Å². The molecule has 0 radical (unpaired) electrons. The molecule has 1 aromatic carbocycles. The van der Waals surface area contributed by atoms with Crippen LogP contribution in [-0.4, -0.2) is 72.6 Å². The largest absolute Gasteiger partial charge is 0.442 e. The minimum absolute atomic E-state index is 0.108. The molecule has 0 saturated carbocycles. The van der Waals surface area contributed by atoms with E-state index >= 15 is 52.7 Å². The second-order valence-electron chi connectivity index (χ2n) is 17.9. The lowest BCUT2D eigenvalue weighted by molar-refractivity contribution is -0.378. The molecule has 0 N–H and O–H groups in total. The zero-order valence-electron chi connectivity index (χ0n) is 35.6. The van der Waals surface area contributed by atoms with E-state index in [2.05, 4.69) is 9.47 Å². The molecule has 22 heteroatoms. The number of alkyl halides is 12. The maximum Gasteiger partial charge on any atom is 0.442 e. The smallest absolute Gasteiger partial charge is 0.430 e. The summed E-state index contributed by atoms with van der Waals surface area (Å²) in [5.74, 6) is -5.36. The Labute approximate surface area is 370 Å². The molecule has 2 heterocycles. The molecule has 2 aliphatic heterocycles. The molecule has 5 rings (SSSR count). The van der Waals surface area contributed by atoms with E-state index in [1.807, 2.05) is 0 Å². The van der Waals surface area contributed by atoms with E-state index in [-0.39, 0.29) is 42.4 Å². The molecule has 0 unspecified atom stereocenters. The maximum atomic E-state index is 15.2. The quantitative estimate of drug-likeness (QED) is 0.106. The number of benzene rings is 1. The van der Waals surface area contributed by atoms with Gasteiger partial charge in [-0.1, -0.05) is 45.9 Å². The van der Waals surface area contributed by atoms with Crippen LogP contribution in [0.2, 0.25) is 0 Å². The highest BCUT2D eigenvalue weighted by atomic mass is 19.4. The van der Waals surface area contributed by atoms with Crippen LogP contribution in [-0.2, 0) is 30.3 Å². The Bertz CT molecular complexity index is 2260. The number of ether oxygens (including phenoxy) is 2. The predicted octanol–water partition coefficient (Wildman–Crippen LogP) is 10.4. The van der Waals surface area contributed by atoms with Crippen molar-refractivity contribution in [1.29, 1.82) is 21.0 Å². The van der Waals surface area contributed by atoms with Crippen LogP contribution in [0, 0.1) is 56.2 Å². The van der Waals surface area contributed by atoms with Gasteiger partial charge in [-0.15, -0.1) is 0 Å². The normalized spacial score (nSPS) is 21.1. The first-order valence-corrected chi connectivity index (χ1v) is 20.2. The zero-order chi connectivity index (χ0) is 49.6. The number of nitrogens with zero attached hydrogens (tertiary/aromatic N) is 6. The van der Waals surface area contributed by atoms with Gasteiger partial charge < -0.3 is 19.3 Å². The summed E-state index contributed by atoms with van der Waals surface area (Å²) < 4.78 is 191. The molecule has 0 atom stereocenters. The lowest BCUT2D eigenvalue weighted by Gasteiger charge is -2.40. The van der Waals surface area contributed by atoms with Crippen molar-refractivity contribution in [1.82, 2.24) is 9.80 Å². The second-order valence-corrected chi connectivity index (χ2v) is 17.9. The van der Waals surface area contributed by atoms with Crippen LogP contribution in [0.25, 0.3) is 0 Å². The van der Waals surface area contributed by atoms with E-state index < -0.39 is 122 Å². The molecule has 0 spiro atoms. The van der Waals surface area contributed by atoms with Crippen LogP contribution < -0.4 is 0 Å². The van der Waals surface area contributed by atoms with E-state index in [0.29, 0.717) is 51.9 Å². The average molecular weight is 945 g/mol. The summed E-state index contributed by atoms with van der Waals surface area (Å²) in [5.41, 5.74) is -24.1. The van der Waals surface area contributed by atoms with Gasteiger partial charge in [0.05, 0.1) is 11.1 Å². The number of carbonyl (C=O) groups excluding carboxylic acids is 2. The van der Waals surface area contributed by atoms with Gasteiger partial charge in [0.25, 0.3) is 0 Å². The molecule has 0 aromatic heterocycles. The van der Waals surface area contributed by atoms with Gasteiger partial charge in [-0.3, -0.25) is 0 Å². The highest BCUT2D eigenvalue weighted by molar-refractivity contribution is 5.96. The number of halogens is 12. The third-order valence-electron chi connectivity index (χ3n) is 12.0. The monoisotopic (exact) mass is 944 g/mol. The summed E-state index contributed by atoms with van der Waals surface area (Å²) in [4.78, 5) is 30.8. The number of nitriles is 4. The molecule has 2 saturated heterocycles. The minimum Gasteiger partial charge on any atom is -0.430 e. The number of esters is 2. The third kappa shape index (κ3) is 9.03. The van der Waals surface area contributed by atoms with Crippen LogP contribution in [0.1, 0.15) is 90.2 Å². The van der Waals surface area contributed by atoms with Crippen LogP contribution in [0.5, 0.6) is 0 Å². The summed E-state index contributed by atoms with van der Waals surface area (Å²) in [6.45, 7) is 7.74. The fourth-order valence-corrected chi connectivity index (χ4v) is 9.03. The molecule has 2 aliphatic carbocycles. The lowest BCUT2D eigenvalue weighted by Crippen LogP contribution is -2.58. The van der Waals surface area contributed by atoms with Crippen molar-refractivity contribution in [2.24, 2.45) is 10.8 Å². The van der Waals surface area contributed by atoms with Crippen molar-refractivity contribution < 1.29 is 71.7 Å². The molecule has 4 aliphatic rings. The van der Waals surface area contributed by atoms with Crippen molar-refractivity contribution in [2.75, 3.05) is 26.2 Å². The molecule has 0 amide bonds. The number of hydrogen-bond donors (Lipinski definition) is 0. The van der Waals surface area contributed by atoms with Crippen molar-refractivity contribution >= 4 is 11.9 Å². The van der Waals surface area contributed by atoms with Gasteiger partial charge in [0.15, 0.2) is 0 Å². The Morgan fingerprint density at radius 2 is 0.848 bits per heavy atom. The average Bonchev–Trinajstić information content (AvgIpc) is 3.93. The minimum atomic E-state index is -6.97. The fraction of sp³-hybridized carbons (Fsp3) is 0.545. The molecular weight excluding hydrogens is 904 g/mol. The fourth-order valence-electron chi connectivity index (χ4n) is 9.03.